The molecule has 1 unspecified atom stereocenters. The molecule has 0 aliphatic heterocycles. The summed E-state index contributed by atoms with van der Waals surface area (Å²) in [5, 5.41) is 2.97. The standard InChI is InChI=1S/C25H34N2O2/c1-17(2)15-26-25(29)21(6)27(16-22-10-8-7-9-19(22)4)24(28)14-23-13-18(3)11-12-20(23)5/h7-13,17,21H,14-16H2,1-6H3,(H,26,29). The molecule has 0 heterocycles. The molecule has 156 valence electrons. The van der Waals surface area contributed by atoms with Crippen LogP contribution in [-0.4, -0.2) is 29.3 Å². The van der Waals surface area contributed by atoms with Gasteiger partial charge in [-0.15, -0.1) is 0 Å². The molecule has 4 heteroatoms. The van der Waals surface area contributed by atoms with Gasteiger partial charge in [-0.25, -0.2) is 0 Å². The Morgan fingerprint density at radius 2 is 1.59 bits per heavy atom. The normalized spacial score (nSPS) is 12.0. The van der Waals surface area contributed by atoms with Gasteiger partial charge in [0.25, 0.3) is 0 Å². The van der Waals surface area contributed by atoms with Crippen LogP contribution in [0.1, 0.15) is 48.6 Å². The van der Waals surface area contributed by atoms with Crippen LogP contribution in [0.5, 0.6) is 0 Å². The van der Waals surface area contributed by atoms with Crippen LogP contribution in [-0.2, 0) is 22.6 Å². The molecule has 0 saturated carbocycles. The Morgan fingerprint density at radius 3 is 2.24 bits per heavy atom. The average molecular weight is 395 g/mol. The van der Waals surface area contributed by atoms with Crippen LogP contribution in [0, 0.1) is 26.7 Å². The van der Waals surface area contributed by atoms with Crippen molar-refractivity contribution in [2.45, 2.75) is 60.5 Å². The number of amides is 2. The highest BCUT2D eigenvalue weighted by molar-refractivity contribution is 5.88. The first-order chi connectivity index (χ1) is 13.7. The monoisotopic (exact) mass is 394 g/mol. The largest absolute Gasteiger partial charge is 0.354 e. The maximum Gasteiger partial charge on any atom is 0.242 e. The lowest BCUT2D eigenvalue weighted by molar-refractivity contribution is -0.140. The summed E-state index contributed by atoms with van der Waals surface area (Å²) in [5.74, 6) is 0.220. The van der Waals surface area contributed by atoms with Crippen molar-refractivity contribution in [3.63, 3.8) is 0 Å². The van der Waals surface area contributed by atoms with Crippen molar-refractivity contribution in [3.05, 3.63) is 70.3 Å². The maximum atomic E-state index is 13.3. The molecular formula is C25H34N2O2. The second kappa shape index (κ2) is 10.2. The number of rotatable bonds is 8. The van der Waals surface area contributed by atoms with Gasteiger partial charge in [0.2, 0.25) is 11.8 Å². The number of hydrogen-bond donors (Lipinski definition) is 1. The predicted molar refractivity (Wildman–Crippen MR) is 119 cm³/mol. The van der Waals surface area contributed by atoms with Gasteiger partial charge in [-0.05, 0) is 55.9 Å². The molecule has 2 aromatic rings. The number of aryl methyl sites for hydroxylation is 3. The van der Waals surface area contributed by atoms with Crippen LogP contribution < -0.4 is 5.32 Å². The molecule has 0 radical (unpaired) electrons. The van der Waals surface area contributed by atoms with E-state index in [1.165, 1.54) is 0 Å². The second-order valence-electron chi connectivity index (χ2n) is 8.37. The van der Waals surface area contributed by atoms with Gasteiger partial charge in [0.05, 0.1) is 6.42 Å². The molecule has 2 amide bonds. The third-order valence-electron chi connectivity index (χ3n) is 5.30. The quantitative estimate of drug-likeness (QED) is 0.724. The van der Waals surface area contributed by atoms with E-state index in [0.717, 1.165) is 27.8 Å². The van der Waals surface area contributed by atoms with Gasteiger partial charge in [-0.2, -0.15) is 0 Å². The lowest BCUT2D eigenvalue weighted by Gasteiger charge is -2.30. The van der Waals surface area contributed by atoms with Gasteiger partial charge in [-0.1, -0.05) is 61.9 Å². The summed E-state index contributed by atoms with van der Waals surface area (Å²) < 4.78 is 0. The summed E-state index contributed by atoms with van der Waals surface area (Å²) in [6.07, 6.45) is 0.293. The first kappa shape index (κ1) is 22.7. The number of nitrogens with zero attached hydrogens (tertiary/aromatic N) is 1. The topological polar surface area (TPSA) is 49.4 Å². The molecule has 1 N–H and O–H groups in total. The minimum absolute atomic E-state index is 0.0332. The first-order valence-corrected chi connectivity index (χ1v) is 10.4. The fraction of sp³-hybridized carbons (Fsp3) is 0.440. The van der Waals surface area contributed by atoms with E-state index in [-0.39, 0.29) is 11.8 Å². The molecule has 0 aromatic heterocycles. The predicted octanol–water partition coefficient (Wildman–Crippen LogP) is 4.34. The zero-order valence-corrected chi connectivity index (χ0v) is 18.6. The van der Waals surface area contributed by atoms with Crippen molar-refractivity contribution in [2.24, 2.45) is 5.92 Å². The van der Waals surface area contributed by atoms with E-state index in [0.29, 0.717) is 25.4 Å². The number of benzene rings is 2. The smallest absolute Gasteiger partial charge is 0.242 e. The van der Waals surface area contributed by atoms with Crippen molar-refractivity contribution in [1.29, 1.82) is 0 Å². The van der Waals surface area contributed by atoms with E-state index in [1.54, 1.807) is 4.90 Å². The van der Waals surface area contributed by atoms with Crippen LogP contribution in [0.3, 0.4) is 0 Å². The Morgan fingerprint density at radius 1 is 0.931 bits per heavy atom. The molecule has 0 spiro atoms. The summed E-state index contributed by atoms with van der Waals surface area (Å²) in [5.41, 5.74) is 5.42. The van der Waals surface area contributed by atoms with Gasteiger partial charge in [-0.3, -0.25) is 9.59 Å². The molecule has 0 fully saturated rings. The van der Waals surface area contributed by atoms with Crippen LogP contribution in [0.4, 0.5) is 0 Å². The number of hydrogen-bond acceptors (Lipinski definition) is 2. The van der Waals surface area contributed by atoms with Crippen LogP contribution in [0.2, 0.25) is 0 Å². The van der Waals surface area contributed by atoms with Gasteiger partial charge in [0.15, 0.2) is 0 Å². The average Bonchev–Trinajstić information content (AvgIpc) is 2.67. The molecular weight excluding hydrogens is 360 g/mol. The molecule has 2 aromatic carbocycles. The summed E-state index contributed by atoms with van der Waals surface area (Å²) in [7, 11) is 0. The maximum absolute atomic E-state index is 13.3. The lowest BCUT2D eigenvalue weighted by atomic mass is 10.0. The number of carbonyl (C=O) groups is 2. The van der Waals surface area contributed by atoms with Crippen LogP contribution >= 0.6 is 0 Å². The molecule has 29 heavy (non-hydrogen) atoms. The highest BCUT2D eigenvalue weighted by atomic mass is 16.2. The third kappa shape index (κ3) is 6.45. The first-order valence-electron chi connectivity index (χ1n) is 10.4. The SMILES string of the molecule is Cc1ccc(C)c(CC(=O)N(Cc2ccccc2C)C(C)C(=O)NCC(C)C)c1. The molecule has 4 nitrogen and oxygen atoms in total. The lowest BCUT2D eigenvalue weighted by Crippen LogP contribution is -2.48. The highest BCUT2D eigenvalue weighted by Gasteiger charge is 2.26. The molecule has 0 saturated heterocycles. The van der Waals surface area contributed by atoms with Crippen molar-refractivity contribution in [2.75, 3.05) is 6.54 Å². The van der Waals surface area contributed by atoms with Crippen molar-refractivity contribution >= 4 is 11.8 Å². The highest BCUT2D eigenvalue weighted by Crippen LogP contribution is 2.17. The summed E-state index contributed by atoms with van der Waals surface area (Å²) in [6.45, 7) is 13.0. The van der Waals surface area contributed by atoms with E-state index < -0.39 is 6.04 Å². The van der Waals surface area contributed by atoms with E-state index in [4.69, 9.17) is 0 Å². The fourth-order valence-corrected chi connectivity index (χ4v) is 3.26. The summed E-state index contributed by atoms with van der Waals surface area (Å²) >= 11 is 0. The third-order valence-corrected chi connectivity index (χ3v) is 5.30. The molecule has 0 aliphatic rings. The fourth-order valence-electron chi connectivity index (χ4n) is 3.26. The van der Waals surface area contributed by atoms with Gasteiger partial charge in [0.1, 0.15) is 6.04 Å². The van der Waals surface area contributed by atoms with E-state index in [1.807, 2.05) is 58.0 Å². The zero-order valence-electron chi connectivity index (χ0n) is 18.6. The molecule has 1 atom stereocenters. The summed E-state index contributed by atoms with van der Waals surface area (Å²) in [6, 6.07) is 13.6. The van der Waals surface area contributed by atoms with Gasteiger partial charge >= 0.3 is 0 Å². The van der Waals surface area contributed by atoms with E-state index in [9.17, 15) is 9.59 Å². The minimum Gasteiger partial charge on any atom is -0.354 e. The Hall–Kier alpha value is -2.62. The van der Waals surface area contributed by atoms with Gasteiger partial charge in [0, 0.05) is 13.1 Å². The zero-order chi connectivity index (χ0) is 21.6. The minimum atomic E-state index is -0.536. The van der Waals surface area contributed by atoms with Crippen molar-refractivity contribution < 1.29 is 9.59 Å². The Balaban J connectivity index is 2.27. The van der Waals surface area contributed by atoms with Gasteiger partial charge < -0.3 is 10.2 Å². The number of carbonyl (C=O) groups excluding carboxylic acids is 2. The Labute approximate surface area is 175 Å². The molecule has 2 rings (SSSR count). The van der Waals surface area contributed by atoms with E-state index in [2.05, 4.69) is 31.3 Å². The van der Waals surface area contributed by atoms with Crippen molar-refractivity contribution in [1.82, 2.24) is 10.2 Å². The molecule has 0 aliphatic carbocycles. The molecule has 0 bridgehead atoms. The second-order valence-corrected chi connectivity index (χ2v) is 8.37. The van der Waals surface area contributed by atoms with Crippen LogP contribution in [0.15, 0.2) is 42.5 Å². The van der Waals surface area contributed by atoms with E-state index >= 15 is 0 Å². The summed E-state index contributed by atoms with van der Waals surface area (Å²) in [4.78, 5) is 27.8. The number of nitrogens with one attached hydrogen (secondary N) is 1. The van der Waals surface area contributed by atoms with Crippen molar-refractivity contribution in [3.8, 4) is 0 Å². The Bertz CT molecular complexity index is 858. The van der Waals surface area contributed by atoms with Crippen LogP contribution in [0.25, 0.3) is 0 Å². The Kier molecular flexibility index (Phi) is 8.00.